The Morgan fingerprint density at radius 1 is 0.745 bits per heavy atom. The highest BCUT2D eigenvalue weighted by Crippen LogP contribution is 2.29. The van der Waals surface area contributed by atoms with E-state index >= 15 is 0 Å². The molecule has 0 saturated carbocycles. The summed E-state index contributed by atoms with van der Waals surface area (Å²) in [5.74, 6) is 0.0314. The normalized spacial score (nSPS) is 19.8. The number of methoxy groups -OCH3 is 2. The Bertz CT molecular complexity index is 1440. The van der Waals surface area contributed by atoms with E-state index in [1.807, 2.05) is 30.3 Å². The monoisotopic (exact) mass is 844 g/mol. The van der Waals surface area contributed by atoms with Crippen LogP contribution < -0.4 is 4.74 Å². The molecule has 0 spiro atoms. The molecule has 4 atom stereocenters. The van der Waals surface area contributed by atoms with Crippen LogP contribution in [0.2, 0.25) is 0 Å². The maximum Gasteiger partial charge on any atom is 0.411 e. The van der Waals surface area contributed by atoms with Gasteiger partial charge in [0.1, 0.15) is 34.8 Å². The summed E-state index contributed by atoms with van der Waals surface area (Å²) in [6, 6.07) is 13.1. The van der Waals surface area contributed by atoms with Gasteiger partial charge < -0.3 is 33.9 Å². The number of phenolic OH excluding ortho intramolecular Hbond substituents is 1. The molecule has 284 valence electrons. The van der Waals surface area contributed by atoms with Crippen molar-refractivity contribution in [1.29, 1.82) is 0 Å². The SMILES string of the molecule is COC(=O)[C@@H]1C[C@@H](CO)CN1C(=O)OC(C)(C)C.COC(=O)[C@@H]1C[C@@H](COc2cccc(Br)c2)CN1C(=O)OC(C)(C)C.Oc1cccc(Br)c1. The van der Waals surface area contributed by atoms with Crippen LogP contribution in [0.5, 0.6) is 11.5 Å². The van der Waals surface area contributed by atoms with Gasteiger partial charge >= 0.3 is 24.1 Å². The summed E-state index contributed by atoms with van der Waals surface area (Å²) < 4.78 is 27.8. The molecule has 13 nitrogen and oxygen atoms in total. The molecule has 2 saturated heterocycles. The molecule has 2 N–H and O–H groups in total. The van der Waals surface area contributed by atoms with Gasteiger partial charge in [-0.15, -0.1) is 0 Å². The van der Waals surface area contributed by atoms with Crippen molar-refractivity contribution in [2.45, 2.75) is 77.7 Å². The number of halogens is 2. The average molecular weight is 847 g/mol. The van der Waals surface area contributed by atoms with Gasteiger partial charge in [0.25, 0.3) is 0 Å². The lowest BCUT2D eigenvalue weighted by Gasteiger charge is -2.27. The molecule has 15 heteroatoms. The highest BCUT2D eigenvalue weighted by atomic mass is 79.9. The maximum atomic E-state index is 12.4. The van der Waals surface area contributed by atoms with Gasteiger partial charge in [0.2, 0.25) is 0 Å². The van der Waals surface area contributed by atoms with Crippen molar-refractivity contribution >= 4 is 56.0 Å². The van der Waals surface area contributed by atoms with Crippen LogP contribution in [0.1, 0.15) is 54.4 Å². The highest BCUT2D eigenvalue weighted by molar-refractivity contribution is 9.10. The molecular weight excluding hydrogens is 796 g/mol. The number of carbonyl (C=O) groups excluding carboxylic acids is 4. The number of aliphatic hydroxyl groups excluding tert-OH is 1. The van der Waals surface area contributed by atoms with Crippen molar-refractivity contribution in [3.05, 3.63) is 57.5 Å². The number of esters is 2. The molecule has 4 rings (SSSR count). The summed E-state index contributed by atoms with van der Waals surface area (Å²) in [6.07, 6.45) is -0.163. The van der Waals surface area contributed by atoms with Crippen molar-refractivity contribution in [2.75, 3.05) is 40.5 Å². The number of rotatable bonds is 6. The van der Waals surface area contributed by atoms with Crippen LogP contribution in [-0.4, -0.2) is 108 Å². The summed E-state index contributed by atoms with van der Waals surface area (Å²) in [7, 11) is 2.60. The number of nitrogens with zero attached hydrogens (tertiary/aromatic N) is 2. The maximum absolute atomic E-state index is 12.4. The molecule has 2 amide bonds. The summed E-state index contributed by atoms with van der Waals surface area (Å²) in [6.45, 7) is 11.7. The van der Waals surface area contributed by atoms with Gasteiger partial charge in [0.05, 0.1) is 20.8 Å². The molecule has 2 aliphatic heterocycles. The van der Waals surface area contributed by atoms with Gasteiger partial charge in [-0.3, -0.25) is 9.80 Å². The van der Waals surface area contributed by atoms with Crippen LogP contribution in [0, 0.1) is 11.8 Å². The van der Waals surface area contributed by atoms with Crippen LogP contribution in [0.25, 0.3) is 0 Å². The highest BCUT2D eigenvalue weighted by Gasteiger charge is 2.43. The zero-order valence-electron chi connectivity index (χ0n) is 30.4. The Hall–Kier alpha value is -3.56. The van der Waals surface area contributed by atoms with E-state index in [0.29, 0.717) is 38.3 Å². The number of hydrogen-bond acceptors (Lipinski definition) is 11. The quantitative estimate of drug-likeness (QED) is 0.240. The molecule has 0 aromatic heterocycles. The van der Waals surface area contributed by atoms with Crippen molar-refractivity contribution in [1.82, 2.24) is 9.80 Å². The molecule has 2 aliphatic rings. The molecular formula is C36H50Br2N2O11. The second-order valence-electron chi connectivity index (χ2n) is 14.0. The molecule has 0 bridgehead atoms. The predicted octanol–water partition coefficient (Wildman–Crippen LogP) is 6.56. The Balaban J connectivity index is 0.000000300. The smallest absolute Gasteiger partial charge is 0.411 e. The zero-order valence-corrected chi connectivity index (χ0v) is 33.6. The lowest BCUT2D eigenvalue weighted by molar-refractivity contribution is -0.146. The van der Waals surface area contributed by atoms with Gasteiger partial charge in [0, 0.05) is 40.5 Å². The second kappa shape index (κ2) is 19.9. The van der Waals surface area contributed by atoms with Crippen LogP contribution in [0.4, 0.5) is 9.59 Å². The standard InChI is InChI=1S/C18H24BrNO5.C12H21NO5.C6H5BrO/c1-18(2,3)25-17(22)20-10-12(8-15(20)16(21)23-4)11-24-14-7-5-6-13(19)9-14;1-12(2,3)18-11(16)13-6-8(7-14)5-9(13)10(15)17-4;7-5-2-1-3-6(8)4-5/h5-7,9,12,15H,8,10-11H2,1-4H3;8-9,14H,5-7H2,1-4H3;1-4,8H/t12-,15+;8-,9+;/m11./s1. The summed E-state index contributed by atoms with van der Waals surface area (Å²) in [5, 5.41) is 17.9. The fraction of sp³-hybridized carbons (Fsp3) is 0.556. The number of aliphatic hydroxyl groups is 1. The third-order valence-corrected chi connectivity index (χ3v) is 8.31. The fourth-order valence-electron chi connectivity index (χ4n) is 5.11. The number of benzene rings is 2. The number of hydrogen-bond donors (Lipinski definition) is 2. The Labute approximate surface area is 316 Å². The number of phenols is 1. The third kappa shape index (κ3) is 15.3. The van der Waals surface area contributed by atoms with Crippen molar-refractivity contribution in [2.24, 2.45) is 11.8 Å². The minimum Gasteiger partial charge on any atom is -0.508 e. The van der Waals surface area contributed by atoms with Crippen molar-refractivity contribution in [3.63, 3.8) is 0 Å². The first-order valence-corrected chi connectivity index (χ1v) is 17.9. The van der Waals surface area contributed by atoms with Crippen LogP contribution in [0.15, 0.2) is 57.5 Å². The third-order valence-electron chi connectivity index (χ3n) is 7.33. The number of likely N-dealkylation sites (tertiary alicyclic amines) is 2. The number of amides is 2. The van der Waals surface area contributed by atoms with E-state index in [9.17, 15) is 19.2 Å². The van der Waals surface area contributed by atoms with Crippen LogP contribution in [0.3, 0.4) is 0 Å². The first kappa shape index (κ1) is 43.6. The molecule has 0 unspecified atom stereocenters. The number of aromatic hydroxyl groups is 1. The largest absolute Gasteiger partial charge is 0.508 e. The van der Waals surface area contributed by atoms with E-state index in [0.717, 1.165) is 14.7 Å². The van der Waals surface area contributed by atoms with Gasteiger partial charge in [-0.1, -0.05) is 44.0 Å². The van der Waals surface area contributed by atoms with Gasteiger partial charge in [0.15, 0.2) is 0 Å². The van der Waals surface area contributed by atoms with Crippen molar-refractivity contribution in [3.8, 4) is 11.5 Å². The minimum atomic E-state index is -0.665. The lowest BCUT2D eigenvalue weighted by Crippen LogP contribution is -2.43. The molecule has 0 radical (unpaired) electrons. The summed E-state index contributed by atoms with van der Waals surface area (Å²) in [5.41, 5.74) is -1.24. The second-order valence-corrected chi connectivity index (χ2v) is 15.8. The first-order chi connectivity index (χ1) is 23.8. The molecule has 51 heavy (non-hydrogen) atoms. The molecule has 2 aromatic rings. The van der Waals surface area contributed by atoms with E-state index in [1.54, 1.807) is 59.7 Å². The van der Waals surface area contributed by atoms with Gasteiger partial charge in [-0.25, -0.2) is 19.2 Å². The molecule has 0 aliphatic carbocycles. The predicted molar refractivity (Wildman–Crippen MR) is 196 cm³/mol. The fourth-order valence-corrected chi connectivity index (χ4v) is 5.87. The van der Waals surface area contributed by atoms with Crippen LogP contribution in [-0.2, 0) is 28.5 Å². The van der Waals surface area contributed by atoms with E-state index in [2.05, 4.69) is 36.6 Å². The molecule has 2 heterocycles. The summed E-state index contributed by atoms with van der Waals surface area (Å²) >= 11 is 6.60. The Morgan fingerprint density at radius 3 is 1.59 bits per heavy atom. The topological polar surface area (TPSA) is 161 Å². The Morgan fingerprint density at radius 2 is 1.20 bits per heavy atom. The Kier molecular flexibility index (Phi) is 17.0. The van der Waals surface area contributed by atoms with Gasteiger partial charge in [-0.2, -0.15) is 0 Å². The minimum absolute atomic E-state index is 0.0237. The molecule has 2 aromatic carbocycles. The van der Waals surface area contributed by atoms with E-state index in [4.69, 9.17) is 29.2 Å². The van der Waals surface area contributed by atoms with E-state index in [1.165, 1.54) is 24.0 Å². The van der Waals surface area contributed by atoms with Gasteiger partial charge in [-0.05, 0) is 90.8 Å². The number of ether oxygens (including phenoxy) is 5. The lowest BCUT2D eigenvalue weighted by atomic mass is 10.1. The van der Waals surface area contributed by atoms with Crippen molar-refractivity contribution < 1.29 is 53.1 Å². The summed E-state index contributed by atoms with van der Waals surface area (Å²) in [4.78, 5) is 50.8. The van der Waals surface area contributed by atoms with E-state index in [-0.39, 0.29) is 18.4 Å². The van der Waals surface area contributed by atoms with E-state index < -0.39 is 47.4 Å². The average Bonchev–Trinajstić information content (AvgIpc) is 3.67. The zero-order chi connectivity index (χ0) is 38.5. The first-order valence-electron chi connectivity index (χ1n) is 16.4. The molecule has 2 fully saturated rings. The number of carbonyl (C=O) groups is 4. The van der Waals surface area contributed by atoms with Crippen LogP contribution >= 0.6 is 31.9 Å².